The molecule has 0 fully saturated rings. The third-order valence-corrected chi connectivity index (χ3v) is 5.02. The molecule has 0 saturated carbocycles. The molecule has 13 heteroatoms. The number of fused-ring (bicyclic) bond motifs is 1. The molecule has 0 radical (unpaired) electrons. The minimum absolute atomic E-state index is 0.0219. The maximum atomic E-state index is 14.6. The van der Waals surface area contributed by atoms with E-state index < -0.39 is 35.9 Å². The van der Waals surface area contributed by atoms with Gasteiger partial charge in [0.1, 0.15) is 23.2 Å². The minimum Gasteiger partial charge on any atom is -0.507 e. The number of carbonyl (C=O) groups excluding carboxylic acids is 1. The first-order chi connectivity index (χ1) is 16.0. The summed E-state index contributed by atoms with van der Waals surface area (Å²) in [5, 5.41) is 19.8. The van der Waals surface area contributed by atoms with E-state index in [4.69, 9.17) is 11.6 Å². The van der Waals surface area contributed by atoms with Crippen LogP contribution < -0.4 is 10.6 Å². The number of benzene rings is 2. The molecule has 1 amide bonds. The van der Waals surface area contributed by atoms with Gasteiger partial charge in [-0.2, -0.15) is 18.3 Å². The predicted molar refractivity (Wildman–Crippen MR) is 114 cm³/mol. The SMILES string of the molecule is CCC(F)(F)F.O=C(Nc1c(F)cccc1Cl)c1cc(F)c(-c2nc3n(n2)CCNC3)cc1O. The van der Waals surface area contributed by atoms with Crippen LogP contribution in [0.2, 0.25) is 5.02 Å². The molecule has 3 aromatic rings. The summed E-state index contributed by atoms with van der Waals surface area (Å²) < 4.78 is 62.5. The van der Waals surface area contributed by atoms with E-state index in [-0.39, 0.29) is 27.7 Å². The lowest BCUT2D eigenvalue weighted by molar-refractivity contribution is -0.130. The van der Waals surface area contributed by atoms with E-state index in [9.17, 15) is 31.9 Å². The number of nitrogens with one attached hydrogen (secondary N) is 2. The zero-order valence-electron chi connectivity index (χ0n) is 17.7. The van der Waals surface area contributed by atoms with Crippen LogP contribution in [-0.2, 0) is 13.1 Å². The van der Waals surface area contributed by atoms with Crippen molar-refractivity contribution in [2.75, 3.05) is 11.9 Å². The Hall–Kier alpha value is -3.25. The van der Waals surface area contributed by atoms with Crippen molar-refractivity contribution >= 4 is 23.2 Å². The number of hydrogen-bond acceptors (Lipinski definition) is 5. The first kappa shape index (κ1) is 25.4. The van der Waals surface area contributed by atoms with Crippen LogP contribution >= 0.6 is 11.6 Å². The van der Waals surface area contributed by atoms with E-state index >= 15 is 0 Å². The van der Waals surface area contributed by atoms with E-state index in [1.807, 2.05) is 0 Å². The molecule has 34 heavy (non-hydrogen) atoms. The van der Waals surface area contributed by atoms with Crippen molar-refractivity contribution in [2.24, 2.45) is 0 Å². The average molecular weight is 504 g/mol. The fourth-order valence-corrected chi connectivity index (χ4v) is 3.11. The van der Waals surface area contributed by atoms with E-state index in [1.54, 1.807) is 4.68 Å². The normalized spacial score (nSPS) is 13.0. The van der Waals surface area contributed by atoms with Gasteiger partial charge >= 0.3 is 6.18 Å². The van der Waals surface area contributed by atoms with Crippen LogP contribution in [0.3, 0.4) is 0 Å². The molecule has 2 aromatic carbocycles. The molecule has 1 aliphatic rings. The Kier molecular flexibility index (Phi) is 7.72. The molecular formula is C21H19ClF5N5O2. The van der Waals surface area contributed by atoms with Gasteiger partial charge in [-0.15, -0.1) is 0 Å². The van der Waals surface area contributed by atoms with Crippen LogP contribution in [-0.4, -0.2) is 38.5 Å². The first-order valence-electron chi connectivity index (χ1n) is 9.99. The second-order valence-electron chi connectivity index (χ2n) is 7.12. The molecule has 0 bridgehead atoms. The number of aromatic nitrogens is 3. The van der Waals surface area contributed by atoms with E-state index in [0.717, 1.165) is 31.7 Å². The number of nitrogens with zero attached hydrogens (tertiary/aromatic N) is 3. The number of anilines is 1. The molecule has 3 N–H and O–H groups in total. The quantitative estimate of drug-likeness (QED) is 0.442. The predicted octanol–water partition coefficient (Wildman–Crippen LogP) is 4.90. The maximum absolute atomic E-state index is 14.6. The molecule has 4 rings (SSSR count). The van der Waals surface area contributed by atoms with Crippen molar-refractivity contribution < 1.29 is 31.9 Å². The molecule has 0 atom stereocenters. The Morgan fingerprint density at radius 1 is 1.26 bits per heavy atom. The average Bonchev–Trinajstić information content (AvgIpc) is 3.21. The van der Waals surface area contributed by atoms with Crippen LogP contribution in [0.15, 0.2) is 30.3 Å². The monoisotopic (exact) mass is 503 g/mol. The maximum Gasteiger partial charge on any atom is 0.388 e. The summed E-state index contributed by atoms with van der Waals surface area (Å²) in [6.07, 6.45) is -4.69. The van der Waals surface area contributed by atoms with Gasteiger partial charge in [-0.25, -0.2) is 18.4 Å². The van der Waals surface area contributed by atoms with Gasteiger partial charge in [0.2, 0.25) is 0 Å². The molecule has 1 aliphatic heterocycles. The van der Waals surface area contributed by atoms with Gasteiger partial charge in [0.05, 0.1) is 34.9 Å². The summed E-state index contributed by atoms with van der Waals surface area (Å²) in [4.78, 5) is 16.7. The van der Waals surface area contributed by atoms with Crippen molar-refractivity contribution in [1.82, 2.24) is 20.1 Å². The van der Waals surface area contributed by atoms with Crippen molar-refractivity contribution in [3.05, 3.63) is 58.4 Å². The molecule has 1 aromatic heterocycles. The van der Waals surface area contributed by atoms with Crippen LogP contribution in [0.1, 0.15) is 29.5 Å². The number of phenols is 1. The highest BCUT2D eigenvalue weighted by molar-refractivity contribution is 6.34. The van der Waals surface area contributed by atoms with Crippen molar-refractivity contribution in [3.8, 4) is 17.1 Å². The second kappa shape index (κ2) is 10.3. The second-order valence-corrected chi connectivity index (χ2v) is 7.53. The highest BCUT2D eigenvalue weighted by Gasteiger charge is 2.23. The molecule has 182 valence electrons. The molecular weight excluding hydrogens is 485 g/mol. The number of amides is 1. The smallest absolute Gasteiger partial charge is 0.388 e. The number of phenolic OH excluding ortho intramolecular Hbond substituents is 1. The minimum atomic E-state index is -3.96. The fraction of sp³-hybridized carbons (Fsp3) is 0.286. The summed E-state index contributed by atoms with van der Waals surface area (Å²) in [7, 11) is 0. The standard InChI is InChI=1S/C18H14ClF2N5O2.C3H5F3/c19-11-2-1-3-12(20)16(11)24-18(28)10-6-13(21)9(7-14(10)27)17-23-15-8-22-4-5-26(15)25-17;1-2-3(4,5)6/h1-3,6-7,22,27H,4-5,8H2,(H,24,28);2H2,1H3. The fourth-order valence-electron chi connectivity index (χ4n) is 2.90. The number of carbonyl (C=O) groups is 1. The van der Waals surface area contributed by atoms with Crippen LogP contribution in [0.25, 0.3) is 11.4 Å². The van der Waals surface area contributed by atoms with E-state index in [0.29, 0.717) is 18.9 Å². The lowest BCUT2D eigenvalue weighted by atomic mass is 10.1. The lowest BCUT2D eigenvalue weighted by Crippen LogP contribution is -2.28. The van der Waals surface area contributed by atoms with Gasteiger partial charge in [0.25, 0.3) is 5.91 Å². The summed E-state index contributed by atoms with van der Waals surface area (Å²) >= 11 is 5.87. The van der Waals surface area contributed by atoms with Crippen molar-refractivity contribution in [2.45, 2.75) is 32.6 Å². The number of para-hydroxylation sites is 1. The Labute approximate surface area is 195 Å². The highest BCUT2D eigenvalue weighted by Crippen LogP contribution is 2.30. The summed E-state index contributed by atoms with van der Waals surface area (Å²) in [6, 6.07) is 5.82. The summed E-state index contributed by atoms with van der Waals surface area (Å²) in [5.74, 6) is -2.19. The van der Waals surface area contributed by atoms with Crippen LogP contribution in [0, 0.1) is 11.6 Å². The number of rotatable bonds is 3. The lowest BCUT2D eigenvalue weighted by Gasteiger charge is -2.11. The van der Waals surface area contributed by atoms with Gasteiger partial charge < -0.3 is 15.7 Å². The molecule has 7 nitrogen and oxygen atoms in total. The Balaban J connectivity index is 0.000000481. The van der Waals surface area contributed by atoms with Crippen LogP contribution in [0.5, 0.6) is 5.75 Å². The summed E-state index contributed by atoms with van der Waals surface area (Å²) in [5.41, 5.74) is -0.667. The number of aromatic hydroxyl groups is 1. The number of halogens is 6. The van der Waals surface area contributed by atoms with Gasteiger partial charge in [-0.3, -0.25) is 4.79 Å². The Bertz CT molecular complexity index is 1160. The Morgan fingerprint density at radius 2 is 1.97 bits per heavy atom. The highest BCUT2D eigenvalue weighted by atomic mass is 35.5. The number of hydrogen-bond donors (Lipinski definition) is 3. The third-order valence-electron chi connectivity index (χ3n) is 4.70. The van der Waals surface area contributed by atoms with E-state index in [1.165, 1.54) is 12.1 Å². The van der Waals surface area contributed by atoms with Crippen molar-refractivity contribution in [1.29, 1.82) is 0 Å². The first-order valence-corrected chi connectivity index (χ1v) is 10.4. The Morgan fingerprint density at radius 3 is 2.59 bits per heavy atom. The molecule has 0 unspecified atom stereocenters. The zero-order chi connectivity index (χ0) is 25.0. The third kappa shape index (κ3) is 6.00. The molecule has 0 spiro atoms. The van der Waals surface area contributed by atoms with Gasteiger partial charge in [0.15, 0.2) is 5.82 Å². The number of alkyl halides is 3. The van der Waals surface area contributed by atoms with Crippen molar-refractivity contribution in [3.63, 3.8) is 0 Å². The largest absolute Gasteiger partial charge is 0.507 e. The topological polar surface area (TPSA) is 92.1 Å². The molecule has 2 heterocycles. The summed E-state index contributed by atoms with van der Waals surface area (Å²) in [6.45, 7) is 2.91. The van der Waals surface area contributed by atoms with Gasteiger partial charge in [-0.05, 0) is 24.3 Å². The zero-order valence-corrected chi connectivity index (χ0v) is 18.4. The molecule has 0 saturated heterocycles. The van der Waals surface area contributed by atoms with E-state index in [2.05, 4.69) is 20.7 Å². The van der Waals surface area contributed by atoms with Gasteiger partial charge in [-0.1, -0.05) is 24.6 Å². The molecule has 0 aliphatic carbocycles. The van der Waals surface area contributed by atoms with Gasteiger partial charge in [0, 0.05) is 13.0 Å². The van der Waals surface area contributed by atoms with Crippen LogP contribution in [0.4, 0.5) is 27.6 Å².